The van der Waals surface area contributed by atoms with E-state index in [0.29, 0.717) is 13.1 Å². The van der Waals surface area contributed by atoms with Gasteiger partial charge in [-0.3, -0.25) is 0 Å². The van der Waals surface area contributed by atoms with Gasteiger partial charge < -0.3 is 15.5 Å². The van der Waals surface area contributed by atoms with Crippen molar-refractivity contribution in [1.29, 1.82) is 0 Å². The van der Waals surface area contributed by atoms with Crippen molar-refractivity contribution in [3.63, 3.8) is 0 Å². The number of nitrogens with zero attached hydrogens (tertiary/aromatic N) is 2. The monoisotopic (exact) mass is 211 g/mol. The average Bonchev–Trinajstić information content (AvgIpc) is 2.40. The van der Waals surface area contributed by atoms with Gasteiger partial charge in [-0.05, 0) is 19.8 Å². The van der Waals surface area contributed by atoms with Gasteiger partial charge in [0.15, 0.2) is 0 Å². The standard InChI is InChI=1S/C11H21N3O/c1-11(12)8-14(9-11)10(15)13-6-4-2-3-5-7-13/h2-9,12H2,1H3. The highest BCUT2D eigenvalue weighted by Crippen LogP contribution is 2.20. The number of carbonyl (C=O) groups excluding carboxylic acids is 1. The largest absolute Gasteiger partial charge is 0.325 e. The van der Waals surface area contributed by atoms with Crippen LogP contribution in [0.3, 0.4) is 0 Å². The van der Waals surface area contributed by atoms with Crippen molar-refractivity contribution in [3.8, 4) is 0 Å². The van der Waals surface area contributed by atoms with E-state index in [9.17, 15) is 4.79 Å². The van der Waals surface area contributed by atoms with Crippen LogP contribution in [0.4, 0.5) is 4.79 Å². The summed E-state index contributed by atoms with van der Waals surface area (Å²) in [6.07, 6.45) is 4.83. The molecule has 0 spiro atoms. The maximum absolute atomic E-state index is 12.0. The van der Waals surface area contributed by atoms with Crippen LogP contribution in [0.25, 0.3) is 0 Å². The van der Waals surface area contributed by atoms with E-state index in [1.165, 1.54) is 12.8 Å². The van der Waals surface area contributed by atoms with Gasteiger partial charge in [0, 0.05) is 31.7 Å². The van der Waals surface area contributed by atoms with Crippen molar-refractivity contribution >= 4 is 6.03 Å². The molecule has 2 rings (SSSR count). The molecule has 0 atom stereocenters. The maximum Gasteiger partial charge on any atom is 0.320 e. The van der Waals surface area contributed by atoms with Gasteiger partial charge in [0.25, 0.3) is 0 Å². The van der Waals surface area contributed by atoms with Crippen LogP contribution in [0.2, 0.25) is 0 Å². The molecule has 0 aromatic carbocycles. The highest BCUT2D eigenvalue weighted by molar-refractivity contribution is 5.75. The highest BCUT2D eigenvalue weighted by Gasteiger charge is 2.39. The van der Waals surface area contributed by atoms with Crippen LogP contribution in [-0.2, 0) is 0 Å². The Kier molecular flexibility index (Phi) is 2.87. The smallest absolute Gasteiger partial charge is 0.320 e. The first kappa shape index (κ1) is 10.7. The van der Waals surface area contributed by atoms with Gasteiger partial charge in [-0.2, -0.15) is 0 Å². The number of rotatable bonds is 0. The molecule has 4 heteroatoms. The van der Waals surface area contributed by atoms with Gasteiger partial charge in [0.2, 0.25) is 0 Å². The van der Waals surface area contributed by atoms with Crippen LogP contribution >= 0.6 is 0 Å². The lowest BCUT2D eigenvalue weighted by atomic mass is 9.94. The zero-order valence-electron chi connectivity index (χ0n) is 9.54. The summed E-state index contributed by atoms with van der Waals surface area (Å²) >= 11 is 0. The first-order valence-electron chi connectivity index (χ1n) is 5.91. The summed E-state index contributed by atoms with van der Waals surface area (Å²) in [6, 6.07) is 0.194. The topological polar surface area (TPSA) is 49.6 Å². The fourth-order valence-electron chi connectivity index (χ4n) is 2.42. The second kappa shape index (κ2) is 4.00. The summed E-state index contributed by atoms with van der Waals surface area (Å²) in [5.74, 6) is 0. The number of nitrogens with two attached hydrogens (primary N) is 1. The fraction of sp³-hybridized carbons (Fsp3) is 0.909. The molecule has 0 saturated carbocycles. The molecule has 0 bridgehead atoms. The lowest BCUT2D eigenvalue weighted by Gasteiger charge is -2.47. The van der Waals surface area contributed by atoms with E-state index in [1.807, 2.05) is 16.7 Å². The van der Waals surface area contributed by atoms with Crippen molar-refractivity contribution in [2.75, 3.05) is 26.2 Å². The zero-order chi connectivity index (χ0) is 10.9. The molecule has 0 aliphatic carbocycles. The predicted octanol–water partition coefficient (Wildman–Crippen LogP) is 1.02. The van der Waals surface area contributed by atoms with E-state index >= 15 is 0 Å². The number of hydrogen-bond donors (Lipinski definition) is 1. The fourth-order valence-corrected chi connectivity index (χ4v) is 2.42. The van der Waals surface area contributed by atoms with Crippen LogP contribution in [0.5, 0.6) is 0 Å². The average molecular weight is 211 g/mol. The molecule has 0 unspecified atom stereocenters. The third-order valence-corrected chi connectivity index (χ3v) is 3.25. The van der Waals surface area contributed by atoms with Crippen LogP contribution in [0.15, 0.2) is 0 Å². The summed E-state index contributed by atoms with van der Waals surface area (Å²) in [4.78, 5) is 15.9. The van der Waals surface area contributed by atoms with E-state index in [0.717, 1.165) is 25.9 Å². The number of carbonyl (C=O) groups is 1. The Bertz CT molecular complexity index is 236. The Morgan fingerprint density at radius 3 is 2.07 bits per heavy atom. The quantitative estimate of drug-likeness (QED) is 0.650. The Balaban J connectivity index is 1.85. The molecular formula is C11H21N3O. The molecule has 2 saturated heterocycles. The van der Waals surface area contributed by atoms with Crippen molar-refractivity contribution in [2.24, 2.45) is 5.73 Å². The molecule has 86 valence electrons. The summed E-state index contributed by atoms with van der Waals surface area (Å²) < 4.78 is 0. The molecule has 2 N–H and O–H groups in total. The molecule has 2 heterocycles. The Labute approximate surface area is 91.4 Å². The Hall–Kier alpha value is -0.770. The summed E-state index contributed by atoms with van der Waals surface area (Å²) in [7, 11) is 0. The molecular weight excluding hydrogens is 190 g/mol. The second-order valence-corrected chi connectivity index (χ2v) is 5.19. The number of hydrogen-bond acceptors (Lipinski definition) is 2. The number of likely N-dealkylation sites (tertiary alicyclic amines) is 2. The highest BCUT2D eigenvalue weighted by atomic mass is 16.2. The molecule has 2 aliphatic rings. The second-order valence-electron chi connectivity index (χ2n) is 5.19. The zero-order valence-corrected chi connectivity index (χ0v) is 9.54. The van der Waals surface area contributed by atoms with Crippen molar-refractivity contribution in [1.82, 2.24) is 9.80 Å². The van der Waals surface area contributed by atoms with Gasteiger partial charge >= 0.3 is 6.03 Å². The predicted molar refractivity (Wildman–Crippen MR) is 59.6 cm³/mol. The molecule has 0 aromatic rings. The molecule has 0 aromatic heterocycles. The minimum atomic E-state index is -0.151. The SMILES string of the molecule is CC1(N)CN(C(=O)N2CCCCCC2)C1. The minimum Gasteiger partial charge on any atom is -0.325 e. The van der Waals surface area contributed by atoms with Gasteiger partial charge in [0.1, 0.15) is 0 Å². The van der Waals surface area contributed by atoms with Crippen LogP contribution in [0.1, 0.15) is 32.6 Å². The summed E-state index contributed by atoms with van der Waals surface area (Å²) in [6.45, 7) is 5.27. The molecule has 0 radical (unpaired) electrons. The summed E-state index contributed by atoms with van der Waals surface area (Å²) in [5.41, 5.74) is 5.75. The molecule has 2 aliphatic heterocycles. The first-order valence-corrected chi connectivity index (χ1v) is 5.91. The van der Waals surface area contributed by atoms with Crippen LogP contribution in [-0.4, -0.2) is 47.5 Å². The molecule has 2 amide bonds. The third kappa shape index (κ3) is 2.43. The lowest BCUT2D eigenvalue weighted by molar-refractivity contribution is 0.0810. The maximum atomic E-state index is 12.0. The van der Waals surface area contributed by atoms with E-state index in [2.05, 4.69) is 0 Å². The Morgan fingerprint density at radius 2 is 1.60 bits per heavy atom. The van der Waals surface area contributed by atoms with Crippen LogP contribution in [0, 0.1) is 0 Å². The van der Waals surface area contributed by atoms with E-state index in [-0.39, 0.29) is 11.6 Å². The number of urea groups is 1. The summed E-state index contributed by atoms with van der Waals surface area (Å²) in [5, 5.41) is 0. The van der Waals surface area contributed by atoms with Crippen molar-refractivity contribution in [3.05, 3.63) is 0 Å². The molecule has 4 nitrogen and oxygen atoms in total. The molecule has 2 fully saturated rings. The van der Waals surface area contributed by atoms with Crippen molar-refractivity contribution in [2.45, 2.75) is 38.1 Å². The lowest BCUT2D eigenvalue weighted by Crippen LogP contribution is -2.68. The number of amides is 2. The van der Waals surface area contributed by atoms with E-state index in [1.54, 1.807) is 0 Å². The van der Waals surface area contributed by atoms with Gasteiger partial charge in [-0.25, -0.2) is 4.79 Å². The Morgan fingerprint density at radius 1 is 1.07 bits per heavy atom. The van der Waals surface area contributed by atoms with Crippen LogP contribution < -0.4 is 5.73 Å². The van der Waals surface area contributed by atoms with Gasteiger partial charge in [-0.1, -0.05) is 12.8 Å². The van der Waals surface area contributed by atoms with E-state index < -0.39 is 0 Å². The van der Waals surface area contributed by atoms with Gasteiger partial charge in [0.05, 0.1) is 0 Å². The van der Waals surface area contributed by atoms with Crippen molar-refractivity contribution < 1.29 is 4.79 Å². The normalized spacial score (nSPS) is 25.7. The molecule has 15 heavy (non-hydrogen) atoms. The first-order chi connectivity index (χ1) is 7.08. The minimum absolute atomic E-state index is 0.151. The third-order valence-electron chi connectivity index (χ3n) is 3.25. The van der Waals surface area contributed by atoms with E-state index in [4.69, 9.17) is 5.73 Å². The van der Waals surface area contributed by atoms with Gasteiger partial charge in [-0.15, -0.1) is 0 Å².